The van der Waals surface area contributed by atoms with Crippen LogP contribution in [-0.4, -0.2) is 29.2 Å². The molecule has 160 valence electrons. The van der Waals surface area contributed by atoms with E-state index in [1.807, 2.05) is 0 Å². The van der Waals surface area contributed by atoms with E-state index in [9.17, 15) is 13.2 Å². The monoisotopic (exact) mass is 434 g/mol. The first kappa shape index (κ1) is 22.0. The molecule has 1 aromatic carbocycles. The van der Waals surface area contributed by atoms with Crippen LogP contribution >= 0.6 is 0 Å². The molecular formula is C21H25F3N4OSi. The van der Waals surface area contributed by atoms with Gasteiger partial charge in [-0.05, 0) is 24.2 Å². The average Bonchev–Trinajstić information content (AvgIpc) is 3.08. The molecule has 0 atom stereocenters. The molecule has 0 saturated heterocycles. The number of nitrogen functional groups attached to an aromatic ring is 1. The van der Waals surface area contributed by atoms with Crippen LogP contribution in [0.15, 0.2) is 48.9 Å². The predicted octanol–water partition coefficient (Wildman–Crippen LogP) is 5.53. The van der Waals surface area contributed by atoms with Crippen LogP contribution in [0.1, 0.15) is 5.56 Å². The molecule has 2 heterocycles. The van der Waals surface area contributed by atoms with Crippen molar-refractivity contribution in [2.24, 2.45) is 0 Å². The predicted molar refractivity (Wildman–Crippen MR) is 114 cm³/mol. The van der Waals surface area contributed by atoms with Crippen LogP contribution in [-0.2, 0) is 17.6 Å². The first-order valence-corrected chi connectivity index (χ1v) is 13.3. The van der Waals surface area contributed by atoms with Gasteiger partial charge in [0.2, 0.25) is 0 Å². The van der Waals surface area contributed by atoms with Crippen LogP contribution in [0, 0.1) is 0 Å². The normalized spacial score (nSPS) is 12.3. The zero-order valence-electron chi connectivity index (χ0n) is 17.2. The highest BCUT2D eigenvalue weighted by molar-refractivity contribution is 6.76. The van der Waals surface area contributed by atoms with Crippen molar-refractivity contribution in [2.75, 3.05) is 12.3 Å². The Morgan fingerprint density at radius 2 is 1.87 bits per heavy atom. The van der Waals surface area contributed by atoms with Crippen molar-refractivity contribution in [1.82, 2.24) is 14.5 Å². The number of nitrogens with zero attached hydrogens (tertiary/aromatic N) is 3. The van der Waals surface area contributed by atoms with Crippen LogP contribution < -0.4 is 5.73 Å². The van der Waals surface area contributed by atoms with Gasteiger partial charge in [0.05, 0.1) is 16.9 Å². The summed E-state index contributed by atoms with van der Waals surface area (Å²) in [4.78, 5) is 8.67. The Kier molecular flexibility index (Phi) is 6.32. The van der Waals surface area contributed by atoms with Crippen LogP contribution in [0.4, 0.5) is 18.9 Å². The maximum atomic E-state index is 13.1. The second-order valence-corrected chi connectivity index (χ2v) is 14.0. The number of nitrogens with two attached hydrogens (primary N) is 1. The molecule has 0 saturated carbocycles. The Morgan fingerprint density at radius 3 is 2.53 bits per heavy atom. The van der Waals surface area contributed by atoms with E-state index in [-0.39, 0.29) is 6.73 Å². The van der Waals surface area contributed by atoms with Gasteiger partial charge in [0.1, 0.15) is 12.6 Å². The number of rotatable bonds is 7. The minimum absolute atomic E-state index is 0.237. The number of hydrogen-bond acceptors (Lipinski definition) is 4. The summed E-state index contributed by atoms with van der Waals surface area (Å²) < 4.78 is 47.0. The van der Waals surface area contributed by atoms with Gasteiger partial charge in [0, 0.05) is 44.4 Å². The Bertz CT molecular complexity index is 1010. The summed E-state index contributed by atoms with van der Waals surface area (Å²) in [6.45, 7) is 7.65. The van der Waals surface area contributed by atoms with Crippen molar-refractivity contribution in [3.8, 4) is 22.6 Å². The van der Waals surface area contributed by atoms with E-state index in [0.717, 1.165) is 18.2 Å². The minimum Gasteiger partial charge on any atom is -0.397 e. The van der Waals surface area contributed by atoms with Crippen molar-refractivity contribution < 1.29 is 17.9 Å². The fraction of sp³-hybridized carbons (Fsp3) is 0.333. The summed E-state index contributed by atoms with van der Waals surface area (Å²) in [5.41, 5.74) is 7.08. The molecule has 0 bridgehead atoms. The standard InChI is InChI=1S/C21H25F3N4OSi/c1-30(2,3)8-7-29-14-28-13-19(15-5-4-6-17(9-15)21(22,23)24)27-20(28)16-10-18(25)12-26-11-16/h4-6,9-13H,7-8,14,25H2,1-3H3. The molecule has 0 fully saturated rings. The Balaban J connectivity index is 1.94. The minimum atomic E-state index is -4.42. The molecule has 0 amide bonds. The highest BCUT2D eigenvalue weighted by Gasteiger charge is 2.30. The summed E-state index contributed by atoms with van der Waals surface area (Å²) in [6.07, 6.45) is 0.420. The third kappa shape index (κ3) is 5.70. The number of imidazole rings is 1. The second kappa shape index (κ2) is 8.61. The zero-order chi connectivity index (χ0) is 21.9. The van der Waals surface area contributed by atoms with Crippen molar-refractivity contribution in [3.05, 3.63) is 54.5 Å². The van der Waals surface area contributed by atoms with E-state index in [1.165, 1.54) is 12.3 Å². The fourth-order valence-corrected chi connectivity index (χ4v) is 3.62. The molecule has 3 rings (SSSR count). The molecule has 2 aromatic heterocycles. The number of aromatic nitrogens is 3. The van der Waals surface area contributed by atoms with Crippen molar-refractivity contribution in [3.63, 3.8) is 0 Å². The number of halogens is 3. The summed E-state index contributed by atoms with van der Waals surface area (Å²) in [6, 6.07) is 7.86. The Hall–Kier alpha value is -2.65. The lowest BCUT2D eigenvalue weighted by Gasteiger charge is -2.16. The highest BCUT2D eigenvalue weighted by Crippen LogP contribution is 2.33. The largest absolute Gasteiger partial charge is 0.416 e. The van der Waals surface area contributed by atoms with Gasteiger partial charge in [0.25, 0.3) is 0 Å². The third-order valence-electron chi connectivity index (χ3n) is 4.51. The molecule has 30 heavy (non-hydrogen) atoms. The molecule has 5 nitrogen and oxygen atoms in total. The Labute approximate surface area is 174 Å². The number of anilines is 1. The first-order valence-electron chi connectivity index (χ1n) is 9.56. The van der Waals surface area contributed by atoms with Gasteiger partial charge in [-0.25, -0.2) is 4.98 Å². The highest BCUT2D eigenvalue weighted by atomic mass is 28.3. The van der Waals surface area contributed by atoms with E-state index in [1.54, 1.807) is 29.1 Å². The molecule has 0 aliphatic carbocycles. The van der Waals surface area contributed by atoms with Gasteiger partial charge in [0.15, 0.2) is 0 Å². The van der Waals surface area contributed by atoms with E-state index in [0.29, 0.717) is 34.9 Å². The third-order valence-corrected chi connectivity index (χ3v) is 6.21. The molecule has 0 radical (unpaired) electrons. The van der Waals surface area contributed by atoms with Crippen molar-refractivity contribution in [2.45, 2.75) is 38.6 Å². The van der Waals surface area contributed by atoms with Gasteiger partial charge in [-0.15, -0.1) is 0 Å². The smallest absolute Gasteiger partial charge is 0.397 e. The summed E-state index contributed by atoms with van der Waals surface area (Å²) in [5.74, 6) is 0.537. The lowest BCUT2D eigenvalue weighted by Crippen LogP contribution is -2.22. The van der Waals surface area contributed by atoms with Crippen LogP contribution in [0.2, 0.25) is 25.7 Å². The lowest BCUT2D eigenvalue weighted by molar-refractivity contribution is -0.137. The molecule has 0 aliphatic heterocycles. The first-order chi connectivity index (χ1) is 14.0. The van der Waals surface area contributed by atoms with Gasteiger partial charge >= 0.3 is 6.18 Å². The Morgan fingerprint density at radius 1 is 1.10 bits per heavy atom. The summed E-state index contributed by atoms with van der Waals surface area (Å²) >= 11 is 0. The van der Waals surface area contributed by atoms with E-state index >= 15 is 0 Å². The molecular weight excluding hydrogens is 409 g/mol. The fourth-order valence-electron chi connectivity index (χ4n) is 2.86. The molecule has 3 aromatic rings. The summed E-state index contributed by atoms with van der Waals surface area (Å²) in [5, 5.41) is 0. The maximum absolute atomic E-state index is 13.1. The molecule has 0 spiro atoms. The lowest BCUT2D eigenvalue weighted by atomic mass is 10.1. The quantitative estimate of drug-likeness (QED) is 0.392. The van der Waals surface area contributed by atoms with Crippen LogP contribution in [0.5, 0.6) is 0 Å². The van der Waals surface area contributed by atoms with Crippen LogP contribution in [0.25, 0.3) is 22.6 Å². The number of benzene rings is 1. The summed E-state index contributed by atoms with van der Waals surface area (Å²) in [7, 11) is -1.24. The second-order valence-electron chi connectivity index (χ2n) is 8.35. The maximum Gasteiger partial charge on any atom is 0.416 e. The molecule has 0 unspecified atom stereocenters. The topological polar surface area (TPSA) is 66.0 Å². The number of ether oxygens (including phenoxy) is 1. The van der Waals surface area contributed by atoms with Gasteiger partial charge in [-0.2, -0.15) is 13.2 Å². The zero-order valence-corrected chi connectivity index (χ0v) is 18.2. The van der Waals surface area contributed by atoms with Crippen LogP contribution in [0.3, 0.4) is 0 Å². The van der Waals surface area contributed by atoms with E-state index in [4.69, 9.17) is 10.5 Å². The molecule has 2 N–H and O–H groups in total. The SMILES string of the molecule is C[Si](C)(C)CCOCn1cc(-c2cccc(C(F)(F)F)c2)nc1-c1cncc(N)c1. The van der Waals surface area contributed by atoms with Gasteiger partial charge in [-0.3, -0.25) is 4.98 Å². The van der Waals surface area contributed by atoms with E-state index < -0.39 is 19.8 Å². The average molecular weight is 435 g/mol. The number of hydrogen-bond donors (Lipinski definition) is 1. The van der Waals surface area contributed by atoms with Crippen molar-refractivity contribution >= 4 is 13.8 Å². The molecule has 9 heteroatoms. The van der Waals surface area contributed by atoms with Gasteiger partial charge in [-0.1, -0.05) is 31.8 Å². The molecule has 0 aliphatic rings. The van der Waals surface area contributed by atoms with E-state index in [2.05, 4.69) is 29.6 Å². The van der Waals surface area contributed by atoms with Gasteiger partial charge < -0.3 is 15.0 Å². The number of alkyl halides is 3. The van der Waals surface area contributed by atoms with Crippen molar-refractivity contribution in [1.29, 1.82) is 0 Å². The number of pyridine rings is 1.